The summed E-state index contributed by atoms with van der Waals surface area (Å²) in [5.74, 6) is 0.0528. The summed E-state index contributed by atoms with van der Waals surface area (Å²) in [5.41, 5.74) is 1.75. The number of hydrogen-bond acceptors (Lipinski definition) is 6. The van der Waals surface area contributed by atoms with Gasteiger partial charge in [0.05, 0.1) is 18.0 Å². The summed E-state index contributed by atoms with van der Waals surface area (Å²) in [6, 6.07) is 15.4. The van der Waals surface area contributed by atoms with Crippen LogP contribution in [0.15, 0.2) is 53.4 Å². The SMILES string of the molecule is COc1ccc([C@@H]2Sc3ccccc3N(CCN(C)C)C(=O)[C@@H]2OC(C)=O)cc1.Cl.[H-].[Li+]. The number of halogens is 1. The van der Waals surface area contributed by atoms with E-state index in [1.165, 1.54) is 6.92 Å². The molecule has 3 rings (SSSR count). The molecule has 0 fully saturated rings. The van der Waals surface area contributed by atoms with E-state index >= 15 is 0 Å². The van der Waals surface area contributed by atoms with E-state index in [0.717, 1.165) is 21.9 Å². The molecule has 164 valence electrons. The molecule has 0 radical (unpaired) electrons. The van der Waals surface area contributed by atoms with E-state index in [9.17, 15) is 9.59 Å². The maximum Gasteiger partial charge on any atom is 1.00 e. The monoisotopic (exact) mass is 458 g/mol. The van der Waals surface area contributed by atoms with Crippen molar-refractivity contribution in [2.24, 2.45) is 0 Å². The van der Waals surface area contributed by atoms with Gasteiger partial charge in [0.25, 0.3) is 5.91 Å². The summed E-state index contributed by atoms with van der Waals surface area (Å²) in [4.78, 5) is 30.2. The van der Waals surface area contributed by atoms with Crippen molar-refractivity contribution in [2.75, 3.05) is 39.2 Å². The third-order valence-corrected chi connectivity index (χ3v) is 6.07. The molecule has 0 saturated carbocycles. The first-order valence-electron chi connectivity index (χ1n) is 9.43. The summed E-state index contributed by atoms with van der Waals surface area (Å²) in [6.07, 6.45) is -0.916. The minimum absolute atomic E-state index is 0. The number of amides is 1. The molecule has 0 N–H and O–H groups in total. The van der Waals surface area contributed by atoms with E-state index in [4.69, 9.17) is 9.47 Å². The zero-order chi connectivity index (χ0) is 21.0. The number of rotatable bonds is 6. The molecule has 2 atom stereocenters. The average molecular weight is 459 g/mol. The van der Waals surface area contributed by atoms with Crippen molar-refractivity contribution < 1.29 is 39.4 Å². The molecule has 6 nitrogen and oxygen atoms in total. The first kappa shape index (κ1) is 27.4. The fourth-order valence-corrected chi connectivity index (χ4v) is 4.56. The number of thioether (sulfide) groups is 1. The third kappa shape index (κ3) is 6.68. The van der Waals surface area contributed by atoms with Gasteiger partial charge in [-0.25, -0.2) is 0 Å². The van der Waals surface area contributed by atoms with Crippen LogP contribution < -0.4 is 28.5 Å². The molecule has 0 bridgehead atoms. The molecule has 9 heteroatoms. The molecule has 2 aromatic rings. The summed E-state index contributed by atoms with van der Waals surface area (Å²) in [5, 5.41) is -0.359. The predicted molar refractivity (Wildman–Crippen MR) is 123 cm³/mol. The molecule has 1 heterocycles. The Hall–Kier alpha value is -1.62. The summed E-state index contributed by atoms with van der Waals surface area (Å²) < 4.78 is 10.8. The molecule has 0 aliphatic carbocycles. The number of carbonyl (C=O) groups excluding carboxylic acids is 2. The van der Waals surface area contributed by atoms with E-state index in [0.29, 0.717) is 13.1 Å². The van der Waals surface area contributed by atoms with Crippen molar-refractivity contribution in [1.29, 1.82) is 0 Å². The van der Waals surface area contributed by atoms with E-state index in [1.54, 1.807) is 23.8 Å². The fourth-order valence-electron chi connectivity index (χ4n) is 3.24. The minimum Gasteiger partial charge on any atom is -1.00 e. The molecule has 0 aromatic heterocycles. The Morgan fingerprint density at radius 3 is 2.39 bits per heavy atom. The molecular weight excluding hydrogens is 431 g/mol. The summed E-state index contributed by atoms with van der Waals surface area (Å²) >= 11 is 1.54. The summed E-state index contributed by atoms with van der Waals surface area (Å²) in [6.45, 7) is 2.55. The largest absolute Gasteiger partial charge is 1.00 e. The van der Waals surface area contributed by atoms with Gasteiger partial charge >= 0.3 is 24.8 Å². The molecule has 0 saturated heterocycles. The minimum atomic E-state index is -0.916. The Labute approximate surface area is 207 Å². The third-order valence-electron chi connectivity index (χ3n) is 4.70. The number of esters is 1. The average Bonchev–Trinajstić information content (AvgIpc) is 2.81. The van der Waals surface area contributed by atoms with Crippen molar-refractivity contribution in [3.05, 3.63) is 54.1 Å². The Bertz CT molecular complexity index is 888. The number of nitrogens with zero attached hydrogens (tertiary/aromatic N) is 2. The van der Waals surface area contributed by atoms with Crippen LogP contribution in [-0.4, -0.2) is 57.2 Å². The number of methoxy groups -OCH3 is 1. The van der Waals surface area contributed by atoms with Gasteiger partial charge in [-0.1, -0.05) is 24.3 Å². The van der Waals surface area contributed by atoms with Gasteiger partial charge in [0.2, 0.25) is 0 Å². The molecule has 31 heavy (non-hydrogen) atoms. The maximum absolute atomic E-state index is 13.6. The molecule has 0 spiro atoms. The van der Waals surface area contributed by atoms with Crippen molar-refractivity contribution in [1.82, 2.24) is 4.90 Å². The van der Waals surface area contributed by atoms with Crippen LogP contribution in [0.5, 0.6) is 5.75 Å². The Balaban J connectivity index is 0.00000320. The van der Waals surface area contributed by atoms with E-state index < -0.39 is 12.1 Å². The normalized spacial score (nSPS) is 17.7. The molecule has 0 unspecified atom stereocenters. The smallest absolute Gasteiger partial charge is 1.00 e. The van der Waals surface area contributed by atoms with Gasteiger partial charge in [0.15, 0.2) is 6.10 Å². The zero-order valence-electron chi connectivity index (χ0n) is 19.5. The number of ether oxygens (including phenoxy) is 2. The van der Waals surface area contributed by atoms with E-state index in [2.05, 4.69) is 0 Å². The number of benzene rings is 2. The van der Waals surface area contributed by atoms with Crippen molar-refractivity contribution in [2.45, 2.75) is 23.2 Å². The van der Waals surface area contributed by atoms with Gasteiger partial charge < -0.3 is 20.7 Å². The molecular formula is C22H28ClLiN2O4S. The predicted octanol–water partition coefficient (Wildman–Crippen LogP) is 0.907. The molecule has 1 aliphatic rings. The molecule has 1 aliphatic heterocycles. The number of anilines is 1. The van der Waals surface area contributed by atoms with Crippen molar-refractivity contribution in [3.63, 3.8) is 0 Å². The maximum atomic E-state index is 13.6. The van der Waals surface area contributed by atoms with Crippen molar-refractivity contribution in [3.8, 4) is 5.75 Å². The van der Waals surface area contributed by atoms with Crippen molar-refractivity contribution >= 4 is 41.7 Å². The Morgan fingerprint density at radius 1 is 1.16 bits per heavy atom. The molecule has 1 amide bonds. The number of para-hydroxylation sites is 1. The van der Waals surface area contributed by atoms with Crippen LogP contribution in [0.25, 0.3) is 0 Å². The second kappa shape index (κ2) is 12.4. The van der Waals surface area contributed by atoms with Crippen LogP contribution in [0.3, 0.4) is 0 Å². The Morgan fingerprint density at radius 2 is 1.81 bits per heavy atom. The van der Waals surface area contributed by atoms with Gasteiger partial charge in [-0.05, 0) is 43.9 Å². The van der Waals surface area contributed by atoms with Crippen LogP contribution in [0, 0.1) is 0 Å². The van der Waals surface area contributed by atoms with Gasteiger partial charge in [-0.2, -0.15) is 0 Å². The Kier molecular flexibility index (Phi) is 11.0. The quantitative estimate of drug-likeness (QED) is 0.474. The second-order valence-corrected chi connectivity index (χ2v) is 8.29. The van der Waals surface area contributed by atoms with Gasteiger partial charge in [0, 0.05) is 24.9 Å². The van der Waals surface area contributed by atoms with Crippen LogP contribution >= 0.6 is 24.2 Å². The van der Waals surface area contributed by atoms with E-state index in [-0.39, 0.29) is 43.9 Å². The number of fused-ring (bicyclic) bond motifs is 1. The van der Waals surface area contributed by atoms with E-state index in [1.807, 2.05) is 67.5 Å². The van der Waals surface area contributed by atoms with Crippen LogP contribution in [0.2, 0.25) is 0 Å². The standard InChI is InChI=1S/C22H26N2O4S.ClH.Li.H/c1-15(25)28-20-21(16-9-11-17(27-4)12-10-16)29-19-8-6-5-7-18(19)24(22(20)26)14-13-23(2)3;;;/h5-12,20-21H,13-14H2,1-4H3;1H;;/q;;+1;-1/t20-,21+;;;/m1.../s1. The second-order valence-electron chi connectivity index (χ2n) is 7.10. The van der Waals surface area contributed by atoms with Gasteiger partial charge in [-0.15, -0.1) is 24.2 Å². The number of carbonyl (C=O) groups is 2. The van der Waals surface area contributed by atoms with Crippen LogP contribution in [-0.2, 0) is 14.3 Å². The summed E-state index contributed by atoms with van der Waals surface area (Å²) in [7, 11) is 5.54. The first-order chi connectivity index (χ1) is 13.9. The van der Waals surface area contributed by atoms with Crippen LogP contribution in [0.1, 0.15) is 19.2 Å². The van der Waals surface area contributed by atoms with Gasteiger partial charge in [0.1, 0.15) is 5.75 Å². The van der Waals surface area contributed by atoms with Crippen LogP contribution in [0.4, 0.5) is 5.69 Å². The number of likely N-dealkylation sites (N-methyl/N-ethyl adjacent to an activating group) is 1. The fraction of sp³-hybridized carbons (Fsp3) is 0.364. The molecule has 2 aromatic carbocycles. The topological polar surface area (TPSA) is 59.1 Å². The zero-order valence-corrected chi connectivity index (χ0v) is 20.2. The van der Waals surface area contributed by atoms with Gasteiger partial charge in [-0.3, -0.25) is 9.59 Å². The number of hydrogen-bond donors (Lipinski definition) is 0. The first-order valence-corrected chi connectivity index (χ1v) is 10.3.